The molecule has 1 aromatic carbocycles. The summed E-state index contributed by atoms with van der Waals surface area (Å²) in [5.74, 6) is -0.764. The summed E-state index contributed by atoms with van der Waals surface area (Å²) in [6, 6.07) is 6.09. The van der Waals surface area contributed by atoms with E-state index in [9.17, 15) is 14.4 Å². The molecular weight excluding hydrogens is 384 g/mol. The van der Waals surface area contributed by atoms with Gasteiger partial charge in [-0.1, -0.05) is 0 Å². The lowest BCUT2D eigenvalue weighted by atomic mass is 10.2. The average molecular weight is 420 g/mol. The minimum absolute atomic E-state index is 0.170. The fourth-order valence-electron chi connectivity index (χ4n) is 4.30. The summed E-state index contributed by atoms with van der Waals surface area (Å²) in [7, 11) is 0. The van der Waals surface area contributed by atoms with Gasteiger partial charge in [0.2, 0.25) is 5.91 Å². The molecule has 1 atom stereocenters. The fourth-order valence-corrected chi connectivity index (χ4v) is 4.30. The summed E-state index contributed by atoms with van der Waals surface area (Å²) < 4.78 is 4.97. The molecule has 0 aliphatic carbocycles. The van der Waals surface area contributed by atoms with Crippen LogP contribution in [0, 0.1) is 0 Å². The van der Waals surface area contributed by atoms with Crippen molar-refractivity contribution in [2.24, 2.45) is 0 Å². The molecule has 2 fully saturated rings. The van der Waals surface area contributed by atoms with E-state index in [4.69, 9.17) is 4.74 Å². The van der Waals surface area contributed by atoms with Gasteiger partial charge in [0.15, 0.2) is 6.04 Å². The highest BCUT2D eigenvalue weighted by molar-refractivity contribution is 6.21. The Kier molecular flexibility index (Phi) is 7.95. The second-order valence-electron chi connectivity index (χ2n) is 8.13. The number of carbonyl (C=O) groups excluding carboxylic acids is 3. The summed E-state index contributed by atoms with van der Waals surface area (Å²) in [5, 5.41) is 2.01. The molecule has 0 bridgehead atoms. The first-order valence-corrected chi connectivity index (χ1v) is 11.2. The number of hydrogen-bond donors (Lipinski definition) is 3. The molecule has 8 heteroatoms. The number of anilines is 1. The monoisotopic (exact) mass is 419 g/mol. The number of carbonyl (C=O) groups is 3. The summed E-state index contributed by atoms with van der Waals surface area (Å²) in [6.45, 7) is 12.4. The molecular formula is C22H35N4O4+3. The van der Waals surface area contributed by atoms with Crippen LogP contribution in [0.15, 0.2) is 24.3 Å². The molecule has 0 unspecified atom stereocenters. The van der Waals surface area contributed by atoms with Crippen LogP contribution in [0.5, 0.6) is 0 Å². The molecule has 0 spiro atoms. The highest BCUT2D eigenvalue weighted by atomic mass is 16.5. The Bertz CT molecular complexity index is 744. The number of benzene rings is 1. The fraction of sp³-hybridized carbons (Fsp3) is 0.591. The van der Waals surface area contributed by atoms with E-state index < -0.39 is 5.97 Å². The van der Waals surface area contributed by atoms with E-state index in [1.807, 2.05) is 5.32 Å². The maximum absolute atomic E-state index is 12.8. The van der Waals surface area contributed by atoms with Crippen molar-refractivity contribution in [3.8, 4) is 0 Å². The van der Waals surface area contributed by atoms with Crippen LogP contribution in [0.25, 0.3) is 0 Å². The van der Waals surface area contributed by atoms with Gasteiger partial charge < -0.3 is 19.9 Å². The number of rotatable bonds is 9. The Morgan fingerprint density at radius 3 is 2.40 bits per heavy atom. The Morgan fingerprint density at radius 1 is 1.10 bits per heavy atom. The molecule has 2 aliphatic heterocycles. The maximum Gasteiger partial charge on any atom is 0.338 e. The van der Waals surface area contributed by atoms with Crippen molar-refractivity contribution < 1.29 is 34.2 Å². The van der Waals surface area contributed by atoms with E-state index >= 15 is 0 Å². The Hall–Kier alpha value is -2.29. The molecule has 2 saturated heterocycles. The number of ether oxygens (including phenoxy) is 1. The summed E-state index contributed by atoms with van der Waals surface area (Å²) in [6.07, 6.45) is 1.27. The van der Waals surface area contributed by atoms with Gasteiger partial charge in [-0.25, -0.2) is 9.69 Å². The van der Waals surface area contributed by atoms with Gasteiger partial charge in [-0.15, -0.1) is 0 Å². The van der Waals surface area contributed by atoms with Gasteiger partial charge in [0.1, 0.15) is 26.2 Å². The minimum atomic E-state index is -0.408. The third-order valence-electron chi connectivity index (χ3n) is 6.17. The molecule has 0 radical (unpaired) electrons. The molecule has 30 heavy (non-hydrogen) atoms. The predicted molar refractivity (Wildman–Crippen MR) is 112 cm³/mol. The third kappa shape index (κ3) is 5.44. The topological polar surface area (TPSA) is 89.2 Å². The molecule has 0 aromatic heterocycles. The van der Waals surface area contributed by atoms with Gasteiger partial charge in [-0.05, 0) is 38.1 Å². The van der Waals surface area contributed by atoms with Crippen molar-refractivity contribution in [1.82, 2.24) is 0 Å². The lowest BCUT2D eigenvalue weighted by Gasteiger charge is -2.28. The van der Waals surface area contributed by atoms with E-state index in [0.717, 1.165) is 19.5 Å². The second kappa shape index (κ2) is 10.7. The zero-order valence-electron chi connectivity index (χ0n) is 18.1. The molecule has 164 valence electrons. The highest BCUT2D eigenvalue weighted by Gasteiger charge is 2.42. The smallest absolute Gasteiger partial charge is 0.338 e. The number of nitrogens with two attached hydrogens (primary N) is 1. The number of piperazine rings is 1. The van der Waals surface area contributed by atoms with Crippen molar-refractivity contribution in [2.75, 3.05) is 57.3 Å². The van der Waals surface area contributed by atoms with Crippen LogP contribution in [0.3, 0.4) is 0 Å². The molecule has 1 aromatic rings. The molecule has 2 amide bonds. The first-order chi connectivity index (χ1) is 14.5. The van der Waals surface area contributed by atoms with Crippen molar-refractivity contribution in [2.45, 2.75) is 32.7 Å². The molecule has 8 nitrogen and oxygen atoms in total. The van der Waals surface area contributed by atoms with Crippen LogP contribution in [-0.2, 0) is 14.3 Å². The number of esters is 1. The van der Waals surface area contributed by atoms with Crippen molar-refractivity contribution in [1.29, 1.82) is 0 Å². The Morgan fingerprint density at radius 2 is 1.77 bits per heavy atom. The largest absolute Gasteiger partial charge is 0.462 e. The van der Waals surface area contributed by atoms with E-state index in [2.05, 4.69) is 6.92 Å². The number of nitrogens with zero attached hydrogens (tertiary/aromatic N) is 1. The van der Waals surface area contributed by atoms with Crippen LogP contribution in [0.2, 0.25) is 0 Å². The number of hydrogen-bond acceptors (Lipinski definition) is 4. The standard InChI is InChI=1S/C22H32N4O4/c1-3-24-12-14-25(15-13-24)11-5-10-23-19-16-20(27)26(21(19)28)18-8-6-17(7-9-18)22(29)30-4-2/h6-9,19,23H,3-5,10-16H2,1-2H3/p+3/t19-/m0/s1. The molecule has 0 saturated carbocycles. The summed E-state index contributed by atoms with van der Waals surface area (Å²) >= 11 is 0. The zero-order valence-corrected chi connectivity index (χ0v) is 18.1. The Labute approximate surface area is 178 Å². The first-order valence-electron chi connectivity index (χ1n) is 11.2. The normalized spacial score (nSPS) is 24.3. The minimum Gasteiger partial charge on any atom is -0.462 e. The van der Waals surface area contributed by atoms with E-state index in [-0.39, 0.29) is 24.3 Å². The number of quaternary nitrogens is 3. The number of amides is 2. The molecule has 2 heterocycles. The molecule has 4 N–H and O–H groups in total. The van der Waals surface area contributed by atoms with Crippen LogP contribution in [0.1, 0.15) is 37.0 Å². The van der Waals surface area contributed by atoms with E-state index in [1.165, 1.54) is 37.6 Å². The maximum atomic E-state index is 12.8. The number of nitrogens with one attached hydrogen (secondary N) is 2. The zero-order chi connectivity index (χ0) is 21.5. The van der Waals surface area contributed by atoms with E-state index in [1.54, 1.807) is 41.0 Å². The molecule has 3 rings (SSSR count). The van der Waals surface area contributed by atoms with Crippen molar-refractivity contribution in [3.05, 3.63) is 29.8 Å². The van der Waals surface area contributed by atoms with Gasteiger partial charge in [0.25, 0.3) is 5.91 Å². The lowest BCUT2D eigenvalue weighted by molar-refractivity contribution is -1.01. The van der Waals surface area contributed by atoms with Gasteiger partial charge in [-0.2, -0.15) is 0 Å². The van der Waals surface area contributed by atoms with Crippen LogP contribution in [0.4, 0.5) is 5.69 Å². The number of likely N-dealkylation sites (N-methyl/N-ethyl adjacent to an activating group) is 1. The van der Waals surface area contributed by atoms with Gasteiger partial charge in [0, 0.05) is 6.42 Å². The van der Waals surface area contributed by atoms with Crippen LogP contribution in [-0.4, -0.2) is 76.2 Å². The van der Waals surface area contributed by atoms with Crippen molar-refractivity contribution in [3.63, 3.8) is 0 Å². The average Bonchev–Trinajstić information content (AvgIpc) is 3.05. The summed E-state index contributed by atoms with van der Waals surface area (Å²) in [4.78, 5) is 41.6. The Balaban J connectivity index is 1.46. The van der Waals surface area contributed by atoms with Crippen LogP contribution < -0.4 is 20.0 Å². The third-order valence-corrected chi connectivity index (χ3v) is 6.17. The predicted octanol–water partition coefficient (Wildman–Crippen LogP) is -2.75. The molecule has 2 aliphatic rings. The van der Waals surface area contributed by atoms with Crippen molar-refractivity contribution >= 4 is 23.5 Å². The SMILES string of the molecule is CCOC(=O)c1ccc(N2C(=O)C[C@H]([NH2+]CCC[NH+]3CC[NH+](CC)CC3)C2=O)cc1. The first kappa shape index (κ1) is 22.4. The second-order valence-corrected chi connectivity index (χ2v) is 8.13. The van der Waals surface area contributed by atoms with Gasteiger partial charge in [0.05, 0.1) is 43.9 Å². The number of imide groups is 1. The van der Waals surface area contributed by atoms with Gasteiger partial charge >= 0.3 is 5.97 Å². The lowest BCUT2D eigenvalue weighted by Crippen LogP contribution is -3.28. The van der Waals surface area contributed by atoms with E-state index in [0.29, 0.717) is 17.9 Å². The van der Waals surface area contributed by atoms with Crippen LogP contribution >= 0.6 is 0 Å². The van der Waals surface area contributed by atoms with Gasteiger partial charge in [-0.3, -0.25) is 9.59 Å². The highest BCUT2D eigenvalue weighted by Crippen LogP contribution is 2.22. The summed E-state index contributed by atoms with van der Waals surface area (Å²) in [5.41, 5.74) is 0.918. The quantitative estimate of drug-likeness (QED) is 0.230.